The maximum Gasteiger partial charge on any atom is 0.273 e. The summed E-state index contributed by atoms with van der Waals surface area (Å²) in [5, 5.41) is 4.22. The van der Waals surface area contributed by atoms with Crippen molar-refractivity contribution in [2.75, 3.05) is 23.8 Å². The molecule has 0 spiro atoms. The molecular formula is C25H25N3O5S. The van der Waals surface area contributed by atoms with Gasteiger partial charge in [-0.3, -0.25) is 9.10 Å². The Balaban J connectivity index is 1.58. The molecule has 1 aliphatic rings. The lowest BCUT2D eigenvalue weighted by Crippen LogP contribution is -2.32. The molecule has 3 aromatic carbocycles. The fourth-order valence-corrected chi connectivity index (χ4v) is 4.44. The molecule has 34 heavy (non-hydrogen) atoms. The van der Waals surface area contributed by atoms with Crippen molar-refractivity contribution < 1.29 is 22.7 Å². The van der Waals surface area contributed by atoms with Gasteiger partial charge in [-0.1, -0.05) is 42.5 Å². The summed E-state index contributed by atoms with van der Waals surface area (Å²) < 4.78 is 37.6. The second-order valence-electron chi connectivity index (χ2n) is 7.77. The van der Waals surface area contributed by atoms with E-state index in [0.717, 1.165) is 17.4 Å². The van der Waals surface area contributed by atoms with Crippen molar-refractivity contribution in [2.24, 2.45) is 5.10 Å². The minimum atomic E-state index is -3.66. The van der Waals surface area contributed by atoms with Crippen LogP contribution in [0.15, 0.2) is 77.9 Å². The van der Waals surface area contributed by atoms with Gasteiger partial charge >= 0.3 is 0 Å². The molecule has 1 heterocycles. The van der Waals surface area contributed by atoms with E-state index in [1.165, 1.54) is 4.31 Å². The number of ether oxygens (including phenoxy) is 2. The van der Waals surface area contributed by atoms with E-state index in [0.29, 0.717) is 30.4 Å². The Morgan fingerprint density at radius 1 is 0.971 bits per heavy atom. The highest BCUT2D eigenvalue weighted by Crippen LogP contribution is 2.31. The van der Waals surface area contributed by atoms with E-state index < -0.39 is 15.9 Å². The molecule has 0 fully saturated rings. The van der Waals surface area contributed by atoms with Crippen LogP contribution in [0.5, 0.6) is 11.5 Å². The quantitative estimate of drug-likeness (QED) is 0.413. The zero-order chi connectivity index (χ0) is 24.1. The summed E-state index contributed by atoms with van der Waals surface area (Å²) in [4.78, 5) is 13.0. The number of fused-ring (bicyclic) bond motifs is 1. The minimum absolute atomic E-state index is 0.101. The Hall–Kier alpha value is -3.85. The van der Waals surface area contributed by atoms with E-state index in [-0.39, 0.29) is 17.8 Å². The molecule has 0 aromatic heterocycles. The van der Waals surface area contributed by atoms with E-state index in [9.17, 15) is 13.2 Å². The van der Waals surface area contributed by atoms with Crippen LogP contribution < -0.4 is 19.2 Å². The molecule has 0 saturated heterocycles. The van der Waals surface area contributed by atoms with Crippen LogP contribution in [-0.4, -0.2) is 39.5 Å². The van der Waals surface area contributed by atoms with E-state index in [2.05, 4.69) is 10.5 Å². The Morgan fingerprint density at radius 2 is 1.65 bits per heavy atom. The summed E-state index contributed by atoms with van der Waals surface area (Å²) in [6.45, 7) is 2.84. The molecule has 0 atom stereocenters. The lowest BCUT2D eigenvalue weighted by atomic mass is 10.1. The molecule has 0 saturated carbocycles. The number of benzene rings is 3. The largest absolute Gasteiger partial charge is 0.486 e. The summed E-state index contributed by atoms with van der Waals surface area (Å²) in [5.74, 6) is 0.772. The van der Waals surface area contributed by atoms with Crippen LogP contribution in [0.2, 0.25) is 0 Å². The van der Waals surface area contributed by atoms with Crippen LogP contribution in [0, 0.1) is 0 Å². The van der Waals surface area contributed by atoms with Crippen molar-refractivity contribution in [3.05, 3.63) is 89.5 Å². The number of sulfonamides is 1. The number of nitrogens with one attached hydrogen (secondary N) is 1. The first-order valence-corrected chi connectivity index (χ1v) is 12.5. The predicted molar refractivity (Wildman–Crippen MR) is 131 cm³/mol. The van der Waals surface area contributed by atoms with Gasteiger partial charge in [0.2, 0.25) is 10.0 Å². The number of hydrazone groups is 1. The number of carbonyl (C=O) groups is 1. The van der Waals surface area contributed by atoms with Gasteiger partial charge in [0.25, 0.3) is 5.91 Å². The number of nitrogens with zero attached hydrogens (tertiary/aromatic N) is 2. The second-order valence-corrected chi connectivity index (χ2v) is 9.68. The van der Waals surface area contributed by atoms with Crippen LogP contribution in [0.3, 0.4) is 0 Å². The summed E-state index contributed by atoms with van der Waals surface area (Å²) in [6.07, 6.45) is 1.12. The van der Waals surface area contributed by atoms with Crippen LogP contribution in [0.1, 0.15) is 28.4 Å². The van der Waals surface area contributed by atoms with Crippen molar-refractivity contribution in [1.29, 1.82) is 0 Å². The highest BCUT2D eigenvalue weighted by Gasteiger charge is 2.23. The maximum absolute atomic E-state index is 13.0. The van der Waals surface area contributed by atoms with Gasteiger partial charge in [-0.2, -0.15) is 5.10 Å². The van der Waals surface area contributed by atoms with Gasteiger partial charge in [0.15, 0.2) is 11.5 Å². The van der Waals surface area contributed by atoms with Gasteiger partial charge in [0.1, 0.15) is 13.2 Å². The average Bonchev–Trinajstić information content (AvgIpc) is 2.85. The Labute approximate surface area is 198 Å². The van der Waals surface area contributed by atoms with Crippen molar-refractivity contribution in [2.45, 2.75) is 13.5 Å². The lowest BCUT2D eigenvalue weighted by molar-refractivity contribution is 0.0955. The molecule has 1 aliphatic heterocycles. The monoisotopic (exact) mass is 479 g/mol. The number of rotatable bonds is 7. The standard InChI is InChI=1S/C25H25N3O5S/c1-18(20-12-13-23-24(16-20)33-15-14-32-23)26-27-25(29)21-10-6-7-11-22(21)28(34(2,30)31)17-19-8-4-3-5-9-19/h3-13,16H,14-15,17H2,1-2H3,(H,27,29)/b26-18-. The third-order valence-corrected chi connectivity index (χ3v) is 6.40. The number of anilines is 1. The van der Waals surface area contributed by atoms with Crippen molar-refractivity contribution >= 4 is 27.3 Å². The maximum atomic E-state index is 13.0. The fourth-order valence-electron chi connectivity index (χ4n) is 3.54. The van der Waals surface area contributed by atoms with E-state index in [1.807, 2.05) is 36.4 Å². The van der Waals surface area contributed by atoms with Gasteiger partial charge in [-0.15, -0.1) is 0 Å². The third-order valence-electron chi connectivity index (χ3n) is 5.27. The molecule has 3 aromatic rings. The first-order chi connectivity index (χ1) is 16.3. The Bertz CT molecular complexity index is 1320. The Morgan fingerprint density at radius 3 is 2.38 bits per heavy atom. The highest BCUT2D eigenvalue weighted by molar-refractivity contribution is 7.92. The van der Waals surface area contributed by atoms with E-state index in [1.54, 1.807) is 43.3 Å². The van der Waals surface area contributed by atoms with Crippen LogP contribution in [0.4, 0.5) is 5.69 Å². The summed E-state index contributed by atoms with van der Waals surface area (Å²) >= 11 is 0. The van der Waals surface area contributed by atoms with Gasteiger partial charge in [0.05, 0.1) is 29.8 Å². The molecule has 1 N–H and O–H groups in total. The van der Waals surface area contributed by atoms with Crippen molar-refractivity contribution in [3.8, 4) is 11.5 Å². The molecule has 0 unspecified atom stereocenters. The van der Waals surface area contributed by atoms with Crippen molar-refractivity contribution in [1.82, 2.24) is 5.43 Å². The van der Waals surface area contributed by atoms with Crippen molar-refractivity contribution in [3.63, 3.8) is 0 Å². The molecule has 0 aliphatic carbocycles. The molecule has 176 valence electrons. The minimum Gasteiger partial charge on any atom is -0.486 e. The zero-order valence-electron chi connectivity index (χ0n) is 18.9. The first-order valence-electron chi connectivity index (χ1n) is 10.7. The van der Waals surface area contributed by atoms with Crippen LogP contribution in [-0.2, 0) is 16.6 Å². The van der Waals surface area contributed by atoms with Gasteiger partial charge in [-0.25, -0.2) is 13.8 Å². The Kier molecular flexibility index (Phi) is 6.83. The molecule has 8 nitrogen and oxygen atoms in total. The number of amides is 1. The second kappa shape index (κ2) is 9.96. The number of hydrogen-bond acceptors (Lipinski definition) is 6. The molecular weight excluding hydrogens is 454 g/mol. The predicted octanol–water partition coefficient (Wildman–Crippen LogP) is 3.58. The molecule has 4 rings (SSSR count). The van der Waals surface area contributed by atoms with Gasteiger partial charge in [0, 0.05) is 5.56 Å². The van der Waals surface area contributed by atoms with Gasteiger partial charge < -0.3 is 9.47 Å². The molecule has 0 radical (unpaired) electrons. The molecule has 9 heteroatoms. The highest BCUT2D eigenvalue weighted by atomic mass is 32.2. The SMILES string of the molecule is C/C(=N/NC(=O)c1ccccc1N(Cc1ccccc1)S(C)(=O)=O)c1ccc2c(c1)OCCO2. The fraction of sp³-hybridized carbons (Fsp3) is 0.200. The van der Waals surface area contributed by atoms with E-state index >= 15 is 0 Å². The lowest BCUT2D eigenvalue weighted by Gasteiger charge is -2.24. The third kappa shape index (κ3) is 5.37. The van der Waals surface area contributed by atoms with E-state index in [4.69, 9.17) is 9.47 Å². The van der Waals surface area contributed by atoms with Crippen LogP contribution in [0.25, 0.3) is 0 Å². The number of carbonyl (C=O) groups excluding carboxylic acids is 1. The smallest absolute Gasteiger partial charge is 0.273 e. The summed E-state index contributed by atoms with van der Waals surface area (Å²) in [6, 6.07) is 21.2. The average molecular weight is 480 g/mol. The first kappa shape index (κ1) is 23.3. The van der Waals surface area contributed by atoms with Gasteiger partial charge in [-0.05, 0) is 42.8 Å². The molecule has 0 bridgehead atoms. The normalized spacial score (nSPS) is 13.3. The van der Waals surface area contributed by atoms with Crippen LogP contribution >= 0.6 is 0 Å². The molecule has 1 amide bonds. The zero-order valence-corrected chi connectivity index (χ0v) is 19.7. The number of para-hydroxylation sites is 1. The number of hydrogen-bond donors (Lipinski definition) is 1. The topological polar surface area (TPSA) is 97.3 Å². The summed E-state index contributed by atoms with van der Waals surface area (Å²) in [5.41, 5.74) is 5.14. The summed E-state index contributed by atoms with van der Waals surface area (Å²) in [7, 11) is -3.66.